The number of rotatable bonds is 8. The van der Waals surface area contributed by atoms with E-state index >= 15 is 0 Å². The zero-order chi connectivity index (χ0) is 18.9. The minimum Gasteiger partial charge on any atom is -0.494 e. The Morgan fingerprint density at radius 3 is 2.48 bits per heavy atom. The molecule has 1 unspecified atom stereocenters. The quantitative estimate of drug-likeness (QED) is 0.383. The fourth-order valence-corrected chi connectivity index (χ4v) is 2.28. The topological polar surface area (TPSA) is 88.7 Å². The Bertz CT molecular complexity index is 562. The van der Waals surface area contributed by atoms with Crippen LogP contribution >= 0.6 is 0 Å². The first-order valence-electron chi connectivity index (χ1n) is 8.81. The molecule has 0 aromatic heterocycles. The van der Waals surface area contributed by atoms with Gasteiger partial charge in [-0.2, -0.15) is 0 Å². The molecule has 0 radical (unpaired) electrons. The summed E-state index contributed by atoms with van der Waals surface area (Å²) in [6.45, 7) is 11.1. The lowest BCUT2D eigenvalue weighted by atomic mass is 10.1. The summed E-state index contributed by atoms with van der Waals surface area (Å²) >= 11 is 0. The highest BCUT2D eigenvalue weighted by atomic mass is 16.5. The minimum absolute atomic E-state index is 0.0129. The van der Waals surface area contributed by atoms with E-state index in [1.54, 1.807) is 0 Å². The summed E-state index contributed by atoms with van der Waals surface area (Å²) in [6.07, 6.45) is 1.09. The van der Waals surface area contributed by atoms with Crippen LogP contribution in [0, 0.1) is 0 Å². The molecule has 0 bridgehead atoms. The summed E-state index contributed by atoms with van der Waals surface area (Å²) in [5, 5.41) is 6.09. The van der Waals surface area contributed by atoms with E-state index in [1.165, 1.54) is 0 Å². The van der Waals surface area contributed by atoms with Gasteiger partial charge in [0.2, 0.25) is 5.91 Å². The predicted octanol–water partition coefficient (Wildman–Crippen LogP) is 2.75. The van der Waals surface area contributed by atoms with Crippen LogP contribution in [0.2, 0.25) is 0 Å². The number of nitrogens with two attached hydrogens (primary N) is 1. The summed E-state index contributed by atoms with van der Waals surface area (Å²) in [5.74, 6) is 1.26. The summed E-state index contributed by atoms with van der Waals surface area (Å²) in [5.41, 5.74) is 6.73. The summed E-state index contributed by atoms with van der Waals surface area (Å²) < 4.78 is 5.42. The standard InChI is InChI=1S/C19H32N4O2/c1-6-25-16-11-9-15(10-12-16)14(2)22-17(24)8-7-13-21-18(20)23-19(3,4)5/h9-12,14H,6-8,13H2,1-5H3,(H,22,24)(H3,20,21,23). The van der Waals surface area contributed by atoms with Crippen LogP contribution in [-0.2, 0) is 4.79 Å². The Morgan fingerprint density at radius 2 is 1.92 bits per heavy atom. The molecule has 0 aliphatic heterocycles. The molecule has 1 rings (SSSR count). The smallest absolute Gasteiger partial charge is 0.220 e. The van der Waals surface area contributed by atoms with E-state index in [0.717, 1.165) is 11.3 Å². The molecule has 0 saturated heterocycles. The van der Waals surface area contributed by atoms with Crippen molar-refractivity contribution in [3.05, 3.63) is 29.8 Å². The predicted molar refractivity (Wildman–Crippen MR) is 103 cm³/mol. The van der Waals surface area contributed by atoms with Gasteiger partial charge < -0.3 is 21.1 Å². The van der Waals surface area contributed by atoms with Crippen molar-refractivity contribution in [3.63, 3.8) is 0 Å². The lowest BCUT2D eigenvalue weighted by molar-refractivity contribution is -0.121. The molecule has 25 heavy (non-hydrogen) atoms. The number of guanidine groups is 1. The molecule has 0 fully saturated rings. The molecule has 1 aromatic carbocycles. The van der Waals surface area contributed by atoms with Crippen molar-refractivity contribution in [2.24, 2.45) is 10.7 Å². The van der Waals surface area contributed by atoms with Crippen LogP contribution in [0.25, 0.3) is 0 Å². The molecule has 0 saturated carbocycles. The van der Waals surface area contributed by atoms with E-state index in [1.807, 2.05) is 58.9 Å². The molecule has 0 heterocycles. The molecule has 140 valence electrons. The summed E-state index contributed by atoms with van der Waals surface area (Å²) in [6, 6.07) is 7.74. The zero-order valence-corrected chi connectivity index (χ0v) is 16.1. The first-order chi connectivity index (χ1) is 11.7. The lowest BCUT2D eigenvalue weighted by Gasteiger charge is -2.21. The van der Waals surface area contributed by atoms with E-state index in [9.17, 15) is 4.79 Å². The van der Waals surface area contributed by atoms with Gasteiger partial charge in [-0.25, -0.2) is 0 Å². The Balaban J connectivity index is 2.35. The van der Waals surface area contributed by atoms with Crippen LogP contribution in [0.4, 0.5) is 0 Å². The number of hydrogen-bond acceptors (Lipinski definition) is 3. The third kappa shape index (κ3) is 8.98. The fourth-order valence-electron chi connectivity index (χ4n) is 2.28. The van der Waals surface area contributed by atoms with Gasteiger partial charge in [-0.15, -0.1) is 0 Å². The third-order valence-corrected chi connectivity index (χ3v) is 3.42. The second-order valence-electron chi connectivity index (χ2n) is 7.04. The molecule has 1 aromatic rings. The third-order valence-electron chi connectivity index (χ3n) is 3.42. The summed E-state index contributed by atoms with van der Waals surface area (Å²) in [4.78, 5) is 16.3. The van der Waals surface area contributed by atoms with Gasteiger partial charge in [0.15, 0.2) is 5.96 Å². The van der Waals surface area contributed by atoms with Crippen LogP contribution < -0.4 is 21.1 Å². The largest absolute Gasteiger partial charge is 0.494 e. The Hall–Kier alpha value is -2.24. The maximum Gasteiger partial charge on any atom is 0.220 e. The maximum atomic E-state index is 12.0. The normalized spacial score (nSPS) is 13.2. The average Bonchev–Trinajstić information content (AvgIpc) is 2.51. The van der Waals surface area contributed by atoms with E-state index < -0.39 is 0 Å². The Kier molecular flexibility index (Phi) is 8.25. The number of hydrogen-bond donors (Lipinski definition) is 3. The highest BCUT2D eigenvalue weighted by Crippen LogP contribution is 2.17. The van der Waals surface area contributed by atoms with E-state index in [0.29, 0.717) is 32.0 Å². The SMILES string of the molecule is CCOc1ccc(C(C)NC(=O)CCCN=C(N)NC(C)(C)C)cc1. The van der Waals surface area contributed by atoms with Crippen molar-refractivity contribution >= 4 is 11.9 Å². The number of ether oxygens (including phenoxy) is 1. The number of carbonyl (C=O) groups excluding carboxylic acids is 1. The van der Waals surface area contributed by atoms with E-state index in [4.69, 9.17) is 10.5 Å². The second-order valence-corrected chi connectivity index (χ2v) is 7.04. The van der Waals surface area contributed by atoms with Crippen molar-refractivity contribution in [1.29, 1.82) is 0 Å². The van der Waals surface area contributed by atoms with Crippen molar-refractivity contribution in [3.8, 4) is 5.75 Å². The molecule has 6 heteroatoms. The van der Waals surface area contributed by atoms with Gasteiger partial charge in [0.25, 0.3) is 0 Å². The molecule has 0 spiro atoms. The number of benzene rings is 1. The van der Waals surface area contributed by atoms with Gasteiger partial charge in [0.1, 0.15) is 5.75 Å². The highest BCUT2D eigenvalue weighted by molar-refractivity contribution is 5.78. The average molecular weight is 348 g/mol. The second kappa shape index (κ2) is 9.91. The fraction of sp³-hybridized carbons (Fsp3) is 0.579. The van der Waals surface area contributed by atoms with Gasteiger partial charge in [-0.1, -0.05) is 12.1 Å². The molecular formula is C19H32N4O2. The number of aliphatic imine (C=N–C) groups is 1. The molecular weight excluding hydrogens is 316 g/mol. The number of carbonyl (C=O) groups is 1. The molecule has 1 atom stereocenters. The summed E-state index contributed by atoms with van der Waals surface area (Å²) in [7, 11) is 0. The maximum absolute atomic E-state index is 12.0. The monoisotopic (exact) mass is 348 g/mol. The molecule has 4 N–H and O–H groups in total. The first kappa shape index (κ1) is 20.8. The van der Waals surface area contributed by atoms with Gasteiger partial charge in [0.05, 0.1) is 12.6 Å². The van der Waals surface area contributed by atoms with Crippen molar-refractivity contribution < 1.29 is 9.53 Å². The number of nitrogens with one attached hydrogen (secondary N) is 2. The van der Waals surface area contributed by atoms with Crippen LogP contribution in [0.5, 0.6) is 5.75 Å². The van der Waals surface area contributed by atoms with Crippen LogP contribution in [0.15, 0.2) is 29.3 Å². The van der Waals surface area contributed by atoms with Crippen molar-refractivity contribution in [2.75, 3.05) is 13.2 Å². The van der Waals surface area contributed by atoms with Crippen LogP contribution in [0.3, 0.4) is 0 Å². The molecule has 0 aliphatic carbocycles. The highest BCUT2D eigenvalue weighted by Gasteiger charge is 2.11. The van der Waals surface area contributed by atoms with Crippen LogP contribution in [0.1, 0.15) is 59.1 Å². The number of amides is 1. The van der Waals surface area contributed by atoms with Crippen LogP contribution in [-0.4, -0.2) is 30.6 Å². The lowest BCUT2D eigenvalue weighted by Crippen LogP contribution is -2.45. The van der Waals surface area contributed by atoms with Gasteiger partial charge in [-0.05, 0) is 58.7 Å². The first-order valence-corrected chi connectivity index (χ1v) is 8.81. The van der Waals surface area contributed by atoms with E-state index in [-0.39, 0.29) is 17.5 Å². The van der Waals surface area contributed by atoms with Crippen molar-refractivity contribution in [1.82, 2.24) is 10.6 Å². The van der Waals surface area contributed by atoms with E-state index in [2.05, 4.69) is 15.6 Å². The molecule has 0 aliphatic rings. The van der Waals surface area contributed by atoms with Gasteiger partial charge in [0, 0.05) is 18.5 Å². The van der Waals surface area contributed by atoms with Crippen molar-refractivity contribution in [2.45, 2.75) is 59.0 Å². The van der Waals surface area contributed by atoms with Gasteiger partial charge in [-0.3, -0.25) is 9.79 Å². The molecule has 6 nitrogen and oxygen atoms in total. The van der Waals surface area contributed by atoms with Gasteiger partial charge >= 0.3 is 0 Å². The molecule has 1 amide bonds. The zero-order valence-electron chi connectivity index (χ0n) is 16.1. The minimum atomic E-state index is -0.113. The Morgan fingerprint density at radius 1 is 1.28 bits per heavy atom. The number of nitrogens with zero attached hydrogens (tertiary/aromatic N) is 1. The Labute approximate surface area is 151 Å².